The van der Waals surface area contributed by atoms with Gasteiger partial charge >= 0.3 is 0 Å². The van der Waals surface area contributed by atoms with E-state index in [4.69, 9.17) is 19.7 Å². The van der Waals surface area contributed by atoms with Gasteiger partial charge in [-0.15, -0.1) is 0 Å². The van der Waals surface area contributed by atoms with Gasteiger partial charge in [0.25, 0.3) is 0 Å². The Morgan fingerprint density at radius 2 is 0.371 bits per heavy atom. The van der Waals surface area contributed by atoms with Crippen molar-refractivity contribution in [2.45, 2.75) is 0 Å². The number of para-hydroxylation sites is 9. The summed E-state index contributed by atoms with van der Waals surface area (Å²) in [5.74, 6) is 0. The van der Waals surface area contributed by atoms with Crippen molar-refractivity contribution in [2.75, 3.05) is 0 Å². The number of nitrogens with zero attached hydrogens (tertiary/aromatic N) is 12. The summed E-state index contributed by atoms with van der Waals surface area (Å²) >= 11 is 0. The summed E-state index contributed by atoms with van der Waals surface area (Å²) in [7, 11) is 0. The molecule has 0 aliphatic carbocycles. The van der Waals surface area contributed by atoms with E-state index in [0.29, 0.717) is 50.4 Å². The highest BCUT2D eigenvalue weighted by Gasteiger charge is 2.24. The number of nitriles is 3. The van der Waals surface area contributed by atoms with Gasteiger partial charge in [-0.2, -0.15) is 15.8 Å². The molecule has 0 spiro atoms. The molecule has 19 aromatic carbocycles. The second-order valence-electron chi connectivity index (χ2n) is 32.8. The average Bonchev–Trinajstić information content (AvgIpc) is 1.56. The van der Waals surface area contributed by atoms with E-state index in [1.54, 1.807) is 54.6 Å². The molecular formula is C120H70N12. The van der Waals surface area contributed by atoms with Crippen molar-refractivity contribution in [3.05, 3.63) is 476 Å². The van der Waals surface area contributed by atoms with Crippen LogP contribution >= 0.6 is 0 Å². The second kappa shape index (κ2) is 32.2. The minimum Gasteiger partial charge on any atom is -0.309 e. The van der Waals surface area contributed by atoms with Crippen LogP contribution in [0.3, 0.4) is 0 Å². The first-order chi connectivity index (χ1) is 65.3. The molecule has 6 aromatic heterocycles. The van der Waals surface area contributed by atoms with E-state index in [1.807, 2.05) is 18.2 Å². The van der Waals surface area contributed by atoms with E-state index >= 15 is 0 Å². The van der Waals surface area contributed by atoms with Crippen LogP contribution < -0.4 is 0 Å². The molecule has 0 amide bonds. The number of rotatable bonds is 10. The van der Waals surface area contributed by atoms with Crippen LogP contribution in [0.4, 0.5) is 17.1 Å². The van der Waals surface area contributed by atoms with E-state index in [0.717, 1.165) is 127 Å². The van der Waals surface area contributed by atoms with Crippen molar-refractivity contribution in [3.63, 3.8) is 0 Å². The minimum atomic E-state index is 0.480. The average molecular weight is 1680 g/mol. The largest absolute Gasteiger partial charge is 0.309 e. The number of hydrogen-bond acceptors (Lipinski definition) is 3. The lowest BCUT2D eigenvalue weighted by molar-refractivity contribution is 1.13. The Hall–Kier alpha value is -19.1. The molecule has 0 aliphatic heterocycles. The van der Waals surface area contributed by atoms with Crippen LogP contribution in [0.25, 0.3) is 224 Å². The molecule has 25 aromatic rings. The lowest BCUT2D eigenvalue weighted by Gasteiger charge is -2.13. The van der Waals surface area contributed by atoms with Gasteiger partial charge in [-0.3, -0.25) is 0 Å². The smallest absolute Gasteiger partial charge is 0.196 e. The molecular weight excluding hydrogens is 1610 g/mol. The third-order valence-electron chi connectivity index (χ3n) is 25.7. The van der Waals surface area contributed by atoms with Crippen LogP contribution in [0, 0.1) is 53.7 Å². The molecule has 132 heavy (non-hydrogen) atoms. The maximum absolute atomic E-state index is 9.86. The molecule has 12 heteroatoms. The fourth-order valence-corrected chi connectivity index (χ4v) is 20.1. The molecule has 12 nitrogen and oxygen atoms in total. The van der Waals surface area contributed by atoms with Crippen LogP contribution in [-0.2, 0) is 0 Å². The van der Waals surface area contributed by atoms with Crippen molar-refractivity contribution in [1.29, 1.82) is 15.8 Å². The fraction of sp³-hybridized carbons (Fsp3) is 0. The standard InChI is InChI=1S/C44H26N4.2C38H22N4/c1-46-39-19-10-13-32(28-45)44(39)31-23-24-43-38(27-31)37-18-4-7-22-42(37)48(43)34-15-9-12-30(26-34)29-11-8-14-33(25-29)47-40-20-5-2-16-35(40)36-17-3-6-21-41(36)47;1-40-33-16-8-10-26(24-39)38(33)25-20-21-37-32(22-25)31-15-4-7-19-36(31)42(37)28-12-9-11-27(23-28)41-34-17-5-2-13-29(34)30-14-3-6-18-35(30)41;1-40-33-13-8-9-26(24-39)38(33)25-17-22-37-32(23-25)31-12-4-7-16-36(31)42(37)28-20-18-27(19-21-28)41-34-14-5-2-10-29(34)30-11-3-6-15-35(30)41/h2-27H;2*2-23H. The molecule has 6 heterocycles. The lowest BCUT2D eigenvalue weighted by Crippen LogP contribution is -1.98. The third kappa shape index (κ3) is 12.7. The SMILES string of the molecule is [C-]#[N+]c1cccc(C#N)c1-c1ccc2c(c1)c1ccccc1n2-c1ccc(-n2c3ccccc3c3ccccc32)cc1.[C-]#[N+]c1cccc(C#N)c1-c1ccc2c(c1)c1ccccc1n2-c1cccc(-c2cccc(-n3c4ccccc4c4ccccc43)c2)c1.[C-]#[N+]c1cccc(C#N)c1-c1ccc2c(c1)c1ccccc1n2-c1cccc(-n2c3ccccc3c3ccccc32)c1. The molecule has 0 saturated carbocycles. The van der Waals surface area contributed by atoms with E-state index < -0.39 is 0 Å². The molecule has 0 atom stereocenters. The van der Waals surface area contributed by atoms with Crippen molar-refractivity contribution in [1.82, 2.24) is 27.4 Å². The van der Waals surface area contributed by atoms with Gasteiger partial charge in [-0.25, -0.2) is 14.5 Å². The molecule has 0 unspecified atom stereocenters. The minimum absolute atomic E-state index is 0.480. The first-order valence-electron chi connectivity index (χ1n) is 43.5. The molecule has 0 N–H and O–H groups in total. The number of hydrogen-bond donors (Lipinski definition) is 0. The van der Waals surface area contributed by atoms with Gasteiger partial charge in [-0.05, 0) is 204 Å². The zero-order valence-corrected chi connectivity index (χ0v) is 70.8. The summed E-state index contributed by atoms with van der Waals surface area (Å²) in [6, 6.07) is 153. The number of benzene rings is 19. The van der Waals surface area contributed by atoms with E-state index in [2.05, 4.69) is 412 Å². The molecule has 610 valence electrons. The highest BCUT2D eigenvalue weighted by molar-refractivity contribution is 6.16. The first kappa shape index (κ1) is 77.7. The van der Waals surface area contributed by atoms with Gasteiger partial charge in [0.1, 0.15) is 0 Å². The predicted octanol–water partition coefficient (Wildman–Crippen LogP) is 31.6. The summed E-state index contributed by atoms with van der Waals surface area (Å²) in [5.41, 5.74) is 30.0. The zero-order valence-electron chi connectivity index (χ0n) is 70.8. The lowest BCUT2D eigenvalue weighted by atomic mass is 9.97. The Bertz CT molecular complexity index is 9140. The monoisotopic (exact) mass is 1680 g/mol. The van der Waals surface area contributed by atoms with Gasteiger partial charge in [-0.1, -0.05) is 249 Å². The predicted molar refractivity (Wildman–Crippen MR) is 540 cm³/mol. The van der Waals surface area contributed by atoms with Crippen molar-refractivity contribution < 1.29 is 0 Å². The van der Waals surface area contributed by atoms with Crippen LogP contribution in [0.15, 0.2) is 425 Å². The van der Waals surface area contributed by atoms with Crippen molar-refractivity contribution in [2.24, 2.45) is 0 Å². The summed E-state index contributed by atoms with van der Waals surface area (Å²) < 4.78 is 13.9. The van der Waals surface area contributed by atoms with Gasteiger partial charge in [0, 0.05) is 132 Å². The van der Waals surface area contributed by atoms with Crippen LogP contribution in [0.2, 0.25) is 0 Å². The molecule has 25 rings (SSSR count). The van der Waals surface area contributed by atoms with Crippen molar-refractivity contribution in [3.8, 4) is 96.8 Å². The van der Waals surface area contributed by atoms with Crippen LogP contribution in [-0.4, -0.2) is 27.4 Å². The summed E-state index contributed by atoms with van der Waals surface area (Å²) in [4.78, 5) is 11.2. The molecule has 0 radical (unpaired) electrons. The number of fused-ring (bicyclic) bond motifs is 18. The Kier molecular flexibility index (Phi) is 18.9. The normalized spacial score (nSPS) is 11.3. The third-order valence-corrected chi connectivity index (χ3v) is 25.7. The molecule has 0 bridgehead atoms. The topological polar surface area (TPSA) is 114 Å². The maximum Gasteiger partial charge on any atom is 0.196 e. The first-order valence-corrected chi connectivity index (χ1v) is 43.5. The molecule has 0 saturated heterocycles. The molecule has 0 aliphatic rings. The van der Waals surface area contributed by atoms with Gasteiger partial charge in [0.15, 0.2) is 17.1 Å². The number of aromatic nitrogens is 6. The zero-order chi connectivity index (χ0) is 88.6. The Labute approximate surface area is 758 Å². The second-order valence-corrected chi connectivity index (χ2v) is 32.8. The summed E-state index contributed by atoms with van der Waals surface area (Å²) in [6.07, 6.45) is 0. The quantitative estimate of drug-likeness (QED) is 0.127. The van der Waals surface area contributed by atoms with E-state index in [-0.39, 0.29) is 0 Å². The Morgan fingerprint density at radius 1 is 0.167 bits per heavy atom. The summed E-state index contributed by atoms with van der Waals surface area (Å²) in [6.45, 7) is 23.1. The van der Waals surface area contributed by atoms with Crippen LogP contribution in [0.5, 0.6) is 0 Å². The van der Waals surface area contributed by atoms with Gasteiger partial charge in [0.2, 0.25) is 0 Å². The van der Waals surface area contributed by atoms with Crippen LogP contribution in [0.1, 0.15) is 16.7 Å². The fourth-order valence-electron chi connectivity index (χ4n) is 20.1. The van der Waals surface area contributed by atoms with E-state index in [9.17, 15) is 15.8 Å². The highest BCUT2D eigenvalue weighted by Crippen LogP contribution is 2.46. The van der Waals surface area contributed by atoms with Gasteiger partial charge < -0.3 is 27.4 Å². The summed E-state index contributed by atoms with van der Waals surface area (Å²) in [5, 5.41) is 43.5. The van der Waals surface area contributed by atoms with E-state index in [1.165, 1.54) is 65.4 Å². The Balaban J connectivity index is 0.000000113. The maximum atomic E-state index is 9.86. The molecule has 0 fully saturated rings. The van der Waals surface area contributed by atoms with Gasteiger partial charge in [0.05, 0.1) is 104 Å². The highest BCUT2D eigenvalue weighted by atomic mass is 15.0. The van der Waals surface area contributed by atoms with Crippen molar-refractivity contribution >= 4 is 148 Å². The Morgan fingerprint density at radius 3 is 0.614 bits per heavy atom.